The summed E-state index contributed by atoms with van der Waals surface area (Å²) < 4.78 is 3.32. The Morgan fingerprint density at radius 2 is 1.92 bits per heavy atom. The average molecular weight is 339 g/mol. The number of carbonyl (C=O) groups is 1. The normalized spacial score (nSPS) is 10.9. The van der Waals surface area contributed by atoms with E-state index >= 15 is 0 Å². The maximum atomic E-state index is 12.5. The average Bonchev–Trinajstić information content (AvgIpc) is 3.24. The third-order valence-electron chi connectivity index (χ3n) is 3.51. The van der Waals surface area contributed by atoms with Gasteiger partial charge in [-0.15, -0.1) is 10.2 Å². The number of anilines is 1. The van der Waals surface area contributed by atoms with Gasteiger partial charge in [0.2, 0.25) is 0 Å². The largest absolute Gasteiger partial charge is 0.306 e. The van der Waals surface area contributed by atoms with E-state index in [9.17, 15) is 4.79 Å². The van der Waals surface area contributed by atoms with Crippen LogP contribution in [-0.4, -0.2) is 30.3 Å². The van der Waals surface area contributed by atoms with E-state index in [1.807, 2.05) is 12.1 Å². The number of nitrogens with zero attached hydrogens (tertiary/aromatic N) is 5. The minimum atomic E-state index is -0.249. The Morgan fingerprint density at radius 3 is 2.75 bits per heavy atom. The van der Waals surface area contributed by atoms with Crippen LogP contribution in [0.5, 0.6) is 0 Å². The Bertz CT molecular complexity index is 1020. The van der Waals surface area contributed by atoms with Gasteiger partial charge in [0.1, 0.15) is 12.1 Å². The molecule has 0 aliphatic carbocycles. The highest BCUT2D eigenvalue weighted by atomic mass is 35.5. The molecule has 1 aromatic carbocycles. The standard InChI is InChI=1S/C16H11ClN6O/c17-12-2-4-13(5-3-12)23-14(7-8-19-23)20-16(24)11-1-6-15-21-18-10-22(15)9-11/h1-10H,(H,20,24). The molecule has 1 amide bonds. The molecule has 118 valence electrons. The van der Waals surface area contributed by atoms with Crippen LogP contribution in [-0.2, 0) is 0 Å². The number of pyridine rings is 1. The van der Waals surface area contributed by atoms with Gasteiger partial charge in [-0.3, -0.25) is 9.20 Å². The Kier molecular flexibility index (Phi) is 3.47. The number of amides is 1. The molecule has 0 aliphatic heterocycles. The SMILES string of the molecule is O=C(Nc1ccnn1-c1ccc(Cl)cc1)c1ccc2nncn2c1. The second kappa shape index (κ2) is 5.78. The maximum absolute atomic E-state index is 12.5. The van der Waals surface area contributed by atoms with Crippen molar-refractivity contribution in [2.45, 2.75) is 0 Å². The smallest absolute Gasteiger partial charge is 0.258 e. The van der Waals surface area contributed by atoms with E-state index in [-0.39, 0.29) is 5.91 Å². The number of rotatable bonds is 3. The molecule has 0 aliphatic rings. The molecule has 0 unspecified atom stereocenters. The fraction of sp³-hybridized carbons (Fsp3) is 0. The van der Waals surface area contributed by atoms with Crippen molar-refractivity contribution in [1.82, 2.24) is 24.4 Å². The number of aromatic nitrogens is 5. The lowest BCUT2D eigenvalue weighted by Crippen LogP contribution is -2.15. The molecule has 4 aromatic rings. The van der Waals surface area contributed by atoms with Gasteiger partial charge in [-0.25, -0.2) is 4.68 Å². The summed E-state index contributed by atoms with van der Waals surface area (Å²) in [5, 5.41) is 15.4. The van der Waals surface area contributed by atoms with Crippen molar-refractivity contribution >= 4 is 29.0 Å². The second-order valence-electron chi connectivity index (χ2n) is 5.07. The molecular formula is C16H11ClN6O. The number of nitrogens with one attached hydrogen (secondary N) is 1. The van der Waals surface area contributed by atoms with Crippen molar-refractivity contribution in [2.24, 2.45) is 0 Å². The minimum absolute atomic E-state index is 0.249. The summed E-state index contributed by atoms with van der Waals surface area (Å²) in [4.78, 5) is 12.5. The van der Waals surface area contributed by atoms with Crippen LogP contribution >= 0.6 is 11.6 Å². The molecule has 4 rings (SSSR count). The van der Waals surface area contributed by atoms with Gasteiger partial charge in [-0.1, -0.05) is 11.6 Å². The second-order valence-corrected chi connectivity index (χ2v) is 5.51. The third kappa shape index (κ3) is 2.61. The molecule has 24 heavy (non-hydrogen) atoms. The van der Waals surface area contributed by atoms with Gasteiger partial charge >= 0.3 is 0 Å². The van der Waals surface area contributed by atoms with Crippen molar-refractivity contribution in [1.29, 1.82) is 0 Å². The van der Waals surface area contributed by atoms with Crippen LogP contribution < -0.4 is 5.32 Å². The topological polar surface area (TPSA) is 77.1 Å². The number of fused-ring (bicyclic) bond motifs is 1. The summed E-state index contributed by atoms with van der Waals surface area (Å²) in [5.41, 5.74) is 1.97. The van der Waals surface area contributed by atoms with E-state index in [4.69, 9.17) is 11.6 Å². The van der Waals surface area contributed by atoms with Gasteiger partial charge in [-0.05, 0) is 36.4 Å². The number of hydrogen-bond acceptors (Lipinski definition) is 4. The quantitative estimate of drug-likeness (QED) is 0.623. The highest BCUT2D eigenvalue weighted by Crippen LogP contribution is 2.18. The number of halogens is 1. The highest BCUT2D eigenvalue weighted by Gasteiger charge is 2.11. The van der Waals surface area contributed by atoms with Crippen molar-refractivity contribution in [3.8, 4) is 5.69 Å². The predicted octanol–water partition coefficient (Wildman–Crippen LogP) is 2.82. The molecule has 7 nitrogen and oxygen atoms in total. The van der Waals surface area contributed by atoms with Gasteiger partial charge in [0, 0.05) is 17.3 Å². The molecule has 0 bridgehead atoms. The maximum Gasteiger partial charge on any atom is 0.258 e. The van der Waals surface area contributed by atoms with Crippen LogP contribution in [0.3, 0.4) is 0 Å². The molecule has 0 fully saturated rings. The first kappa shape index (κ1) is 14.4. The zero-order valence-electron chi connectivity index (χ0n) is 12.3. The number of benzene rings is 1. The minimum Gasteiger partial charge on any atom is -0.306 e. The lowest BCUT2D eigenvalue weighted by Gasteiger charge is -2.09. The fourth-order valence-electron chi connectivity index (χ4n) is 2.34. The molecule has 0 spiro atoms. The molecule has 0 saturated carbocycles. The molecule has 0 saturated heterocycles. The van der Waals surface area contributed by atoms with Gasteiger partial charge in [-0.2, -0.15) is 5.10 Å². The zero-order chi connectivity index (χ0) is 16.5. The summed E-state index contributed by atoms with van der Waals surface area (Å²) in [6.07, 6.45) is 4.84. The summed E-state index contributed by atoms with van der Waals surface area (Å²) >= 11 is 5.90. The zero-order valence-corrected chi connectivity index (χ0v) is 13.1. The first-order valence-electron chi connectivity index (χ1n) is 7.11. The van der Waals surface area contributed by atoms with Gasteiger partial charge in [0.05, 0.1) is 17.4 Å². The van der Waals surface area contributed by atoms with Crippen LogP contribution in [0.1, 0.15) is 10.4 Å². The molecule has 1 N–H and O–H groups in total. The summed E-state index contributed by atoms with van der Waals surface area (Å²) in [5.74, 6) is 0.312. The van der Waals surface area contributed by atoms with Crippen molar-refractivity contribution < 1.29 is 4.79 Å². The van der Waals surface area contributed by atoms with Gasteiger partial charge in [0.25, 0.3) is 5.91 Å². The first-order valence-corrected chi connectivity index (χ1v) is 7.49. The Hall–Kier alpha value is -3.19. The van der Waals surface area contributed by atoms with Crippen LogP contribution in [0.4, 0.5) is 5.82 Å². The fourth-order valence-corrected chi connectivity index (χ4v) is 2.46. The van der Waals surface area contributed by atoms with Gasteiger partial charge < -0.3 is 5.32 Å². The van der Waals surface area contributed by atoms with Crippen molar-refractivity contribution in [2.75, 3.05) is 5.32 Å². The molecule has 3 heterocycles. The van der Waals surface area contributed by atoms with E-state index in [1.54, 1.807) is 58.1 Å². The molecule has 0 atom stereocenters. The van der Waals surface area contributed by atoms with Gasteiger partial charge in [0.15, 0.2) is 5.65 Å². The van der Waals surface area contributed by atoms with Crippen molar-refractivity contribution in [3.05, 3.63) is 71.8 Å². The number of hydrogen-bond donors (Lipinski definition) is 1. The lowest BCUT2D eigenvalue weighted by atomic mass is 10.2. The summed E-state index contributed by atoms with van der Waals surface area (Å²) in [6.45, 7) is 0. The molecule has 3 aromatic heterocycles. The molecule has 8 heteroatoms. The summed E-state index contributed by atoms with van der Waals surface area (Å²) in [6, 6.07) is 12.3. The Balaban J connectivity index is 1.62. The van der Waals surface area contributed by atoms with Crippen LogP contribution in [0.25, 0.3) is 11.3 Å². The highest BCUT2D eigenvalue weighted by molar-refractivity contribution is 6.30. The van der Waals surface area contributed by atoms with E-state index in [0.29, 0.717) is 22.1 Å². The monoisotopic (exact) mass is 338 g/mol. The predicted molar refractivity (Wildman–Crippen MR) is 89.5 cm³/mol. The summed E-state index contributed by atoms with van der Waals surface area (Å²) in [7, 11) is 0. The van der Waals surface area contributed by atoms with E-state index < -0.39 is 0 Å². The van der Waals surface area contributed by atoms with Crippen molar-refractivity contribution in [3.63, 3.8) is 0 Å². The molecular weight excluding hydrogens is 328 g/mol. The van der Waals surface area contributed by atoms with E-state index in [2.05, 4.69) is 20.6 Å². The van der Waals surface area contributed by atoms with E-state index in [0.717, 1.165) is 5.69 Å². The van der Waals surface area contributed by atoms with Crippen LogP contribution in [0, 0.1) is 0 Å². The number of carbonyl (C=O) groups excluding carboxylic acids is 1. The lowest BCUT2D eigenvalue weighted by molar-refractivity contribution is 0.102. The first-order chi connectivity index (χ1) is 11.7. The van der Waals surface area contributed by atoms with Crippen LogP contribution in [0.2, 0.25) is 5.02 Å². The Labute approximate surface area is 141 Å². The third-order valence-corrected chi connectivity index (χ3v) is 3.76. The van der Waals surface area contributed by atoms with E-state index in [1.165, 1.54) is 0 Å². The van der Waals surface area contributed by atoms with Crippen LogP contribution in [0.15, 0.2) is 61.2 Å². The molecule has 0 radical (unpaired) electrons. The Morgan fingerprint density at radius 1 is 1.08 bits per heavy atom.